The van der Waals surface area contributed by atoms with Crippen molar-refractivity contribution in [3.05, 3.63) is 53.8 Å². The van der Waals surface area contributed by atoms with Crippen molar-refractivity contribution < 1.29 is 9.94 Å². The van der Waals surface area contributed by atoms with Crippen molar-refractivity contribution in [1.29, 1.82) is 0 Å². The first-order chi connectivity index (χ1) is 7.72. The third-order valence-corrected chi connectivity index (χ3v) is 3.09. The van der Waals surface area contributed by atoms with E-state index in [1.807, 2.05) is 37.3 Å². The molecule has 1 aromatic rings. The quantitative estimate of drug-likeness (QED) is 0.589. The van der Waals surface area contributed by atoms with Gasteiger partial charge in [0.1, 0.15) is 11.6 Å². The van der Waals surface area contributed by atoms with Crippen LogP contribution >= 0.6 is 0 Å². The maximum Gasteiger partial charge on any atom is 0.108 e. The molecule has 3 nitrogen and oxygen atoms in total. The van der Waals surface area contributed by atoms with Gasteiger partial charge in [-0.05, 0) is 12.5 Å². The van der Waals surface area contributed by atoms with Gasteiger partial charge in [0.15, 0.2) is 0 Å². The Bertz CT molecular complexity index is 423. The number of benzene rings is 1. The van der Waals surface area contributed by atoms with Crippen LogP contribution in [0.5, 0.6) is 0 Å². The monoisotopic (exact) mass is 217 g/mol. The molecule has 2 rings (SSSR count). The van der Waals surface area contributed by atoms with Gasteiger partial charge in [-0.3, -0.25) is 0 Å². The molecule has 1 aromatic carbocycles. The fraction of sp³-hybridized carbons (Fsp3) is 0.308. The van der Waals surface area contributed by atoms with Crippen LogP contribution in [0.1, 0.15) is 18.6 Å². The highest BCUT2D eigenvalue weighted by Crippen LogP contribution is 2.40. The Morgan fingerprint density at radius 3 is 2.75 bits per heavy atom. The summed E-state index contributed by atoms with van der Waals surface area (Å²) in [6.45, 7) is 5.94. The van der Waals surface area contributed by atoms with Crippen molar-refractivity contribution >= 4 is 0 Å². The van der Waals surface area contributed by atoms with Gasteiger partial charge in [0.2, 0.25) is 0 Å². The summed E-state index contributed by atoms with van der Waals surface area (Å²) in [5.41, 5.74) is 6.36. The minimum atomic E-state index is -0.650. The van der Waals surface area contributed by atoms with Crippen LogP contribution in [-0.4, -0.2) is 17.4 Å². The molecule has 0 unspecified atom stereocenters. The van der Waals surface area contributed by atoms with Gasteiger partial charge in [-0.15, -0.1) is 5.73 Å². The van der Waals surface area contributed by atoms with Crippen molar-refractivity contribution in [2.24, 2.45) is 0 Å². The number of hydrogen-bond acceptors (Lipinski definition) is 3. The van der Waals surface area contributed by atoms with Gasteiger partial charge < -0.3 is 9.94 Å². The second-order valence-corrected chi connectivity index (χ2v) is 4.07. The van der Waals surface area contributed by atoms with E-state index in [0.717, 1.165) is 11.1 Å². The van der Waals surface area contributed by atoms with Crippen molar-refractivity contribution in [1.82, 2.24) is 5.48 Å². The van der Waals surface area contributed by atoms with Gasteiger partial charge in [0.05, 0.1) is 6.61 Å². The smallest absolute Gasteiger partial charge is 0.108 e. The molecule has 2 N–H and O–H groups in total. The fourth-order valence-corrected chi connectivity index (χ4v) is 2.06. The third-order valence-electron chi connectivity index (χ3n) is 3.09. The lowest BCUT2D eigenvalue weighted by Crippen LogP contribution is -2.44. The van der Waals surface area contributed by atoms with E-state index in [-0.39, 0.29) is 6.10 Å². The molecule has 84 valence electrons. The minimum Gasteiger partial charge on any atom is -0.366 e. The summed E-state index contributed by atoms with van der Waals surface area (Å²) in [6.07, 6.45) is -0.219. The Hall–Kier alpha value is -1.38. The second-order valence-electron chi connectivity index (χ2n) is 4.07. The first kappa shape index (κ1) is 11.1. The van der Waals surface area contributed by atoms with Crippen molar-refractivity contribution in [3.8, 4) is 0 Å². The highest BCUT2D eigenvalue weighted by Gasteiger charge is 2.44. The topological polar surface area (TPSA) is 41.5 Å². The highest BCUT2D eigenvalue weighted by atomic mass is 16.5. The largest absolute Gasteiger partial charge is 0.366 e. The van der Waals surface area contributed by atoms with Crippen LogP contribution in [-0.2, 0) is 4.74 Å². The SMILES string of the molecule is C=C=C1CO[C@@H](c2ccccc2)[C@]1(C)NO. The molecule has 1 aliphatic heterocycles. The van der Waals surface area contributed by atoms with Gasteiger partial charge in [-0.25, -0.2) is 0 Å². The van der Waals surface area contributed by atoms with E-state index in [4.69, 9.17) is 4.74 Å². The van der Waals surface area contributed by atoms with Crippen LogP contribution in [0.25, 0.3) is 0 Å². The van der Waals surface area contributed by atoms with Crippen LogP contribution < -0.4 is 5.48 Å². The minimum absolute atomic E-state index is 0.219. The van der Waals surface area contributed by atoms with Gasteiger partial charge in [0.25, 0.3) is 0 Å². The van der Waals surface area contributed by atoms with E-state index in [0.29, 0.717) is 6.61 Å². The van der Waals surface area contributed by atoms with Crippen molar-refractivity contribution in [3.63, 3.8) is 0 Å². The lowest BCUT2D eigenvalue weighted by atomic mass is 9.86. The van der Waals surface area contributed by atoms with Crippen LogP contribution in [0.4, 0.5) is 0 Å². The molecule has 0 spiro atoms. The summed E-state index contributed by atoms with van der Waals surface area (Å²) in [4.78, 5) is 0. The molecule has 0 aliphatic carbocycles. The average Bonchev–Trinajstić information content (AvgIpc) is 2.68. The molecule has 0 saturated carbocycles. The maximum absolute atomic E-state index is 9.34. The van der Waals surface area contributed by atoms with Crippen LogP contribution in [0.2, 0.25) is 0 Å². The molecule has 1 heterocycles. The first-order valence-corrected chi connectivity index (χ1v) is 5.19. The lowest BCUT2D eigenvalue weighted by Gasteiger charge is -2.28. The lowest BCUT2D eigenvalue weighted by molar-refractivity contribution is 0.0104. The number of hydrogen-bond donors (Lipinski definition) is 2. The molecule has 0 aromatic heterocycles. The van der Waals surface area contributed by atoms with E-state index < -0.39 is 5.54 Å². The molecule has 16 heavy (non-hydrogen) atoms. The van der Waals surface area contributed by atoms with Crippen molar-refractivity contribution in [2.75, 3.05) is 6.61 Å². The Labute approximate surface area is 95.0 Å². The molecule has 1 saturated heterocycles. The molecule has 1 aliphatic rings. The molecular weight excluding hydrogens is 202 g/mol. The van der Waals surface area contributed by atoms with E-state index in [1.54, 1.807) is 0 Å². The highest BCUT2D eigenvalue weighted by molar-refractivity contribution is 5.32. The Morgan fingerprint density at radius 1 is 1.50 bits per heavy atom. The molecule has 2 atom stereocenters. The standard InChI is InChI=1S/C13H15NO2/c1-3-11-9-16-12(13(11,2)14-15)10-7-5-4-6-8-10/h4-8,12,14-15H,1,9H2,2H3/t12-,13+/m0/s1. The number of nitrogens with one attached hydrogen (secondary N) is 1. The van der Waals surface area contributed by atoms with Crippen molar-refractivity contribution in [2.45, 2.75) is 18.6 Å². The summed E-state index contributed by atoms with van der Waals surface area (Å²) in [6, 6.07) is 9.81. The van der Waals surface area contributed by atoms with E-state index in [2.05, 4.69) is 17.8 Å². The Kier molecular flexibility index (Phi) is 2.95. The van der Waals surface area contributed by atoms with E-state index in [9.17, 15) is 5.21 Å². The summed E-state index contributed by atoms with van der Waals surface area (Å²) in [5, 5.41) is 9.34. The predicted molar refractivity (Wildman–Crippen MR) is 61.1 cm³/mol. The van der Waals surface area contributed by atoms with E-state index >= 15 is 0 Å². The number of hydroxylamine groups is 1. The molecule has 3 heteroatoms. The van der Waals surface area contributed by atoms with Gasteiger partial charge in [0, 0.05) is 5.57 Å². The van der Waals surface area contributed by atoms with E-state index in [1.165, 1.54) is 0 Å². The van der Waals surface area contributed by atoms with Crippen LogP contribution in [0, 0.1) is 0 Å². The van der Waals surface area contributed by atoms with Gasteiger partial charge in [-0.1, -0.05) is 36.9 Å². The average molecular weight is 217 g/mol. The number of ether oxygens (including phenoxy) is 1. The summed E-state index contributed by atoms with van der Waals surface area (Å²) in [5.74, 6) is 0. The summed E-state index contributed by atoms with van der Waals surface area (Å²) in [7, 11) is 0. The second kappa shape index (κ2) is 4.24. The summed E-state index contributed by atoms with van der Waals surface area (Å²) >= 11 is 0. The van der Waals surface area contributed by atoms with Crippen LogP contribution in [0.15, 0.2) is 48.2 Å². The first-order valence-electron chi connectivity index (χ1n) is 5.19. The zero-order valence-corrected chi connectivity index (χ0v) is 9.23. The zero-order chi connectivity index (χ0) is 11.6. The molecule has 0 amide bonds. The molecular formula is C13H15NO2. The fourth-order valence-electron chi connectivity index (χ4n) is 2.06. The predicted octanol–water partition coefficient (Wildman–Crippen LogP) is 2.21. The maximum atomic E-state index is 9.34. The summed E-state index contributed by atoms with van der Waals surface area (Å²) < 4.78 is 5.69. The Morgan fingerprint density at radius 2 is 2.19 bits per heavy atom. The molecule has 0 radical (unpaired) electrons. The molecule has 0 bridgehead atoms. The van der Waals surface area contributed by atoms with Gasteiger partial charge >= 0.3 is 0 Å². The third kappa shape index (κ3) is 1.60. The number of rotatable bonds is 2. The molecule has 1 fully saturated rings. The Balaban J connectivity index is 2.41. The normalized spacial score (nSPS) is 29.1. The zero-order valence-electron chi connectivity index (χ0n) is 9.23. The van der Waals surface area contributed by atoms with Crippen LogP contribution in [0.3, 0.4) is 0 Å². The van der Waals surface area contributed by atoms with Gasteiger partial charge in [-0.2, -0.15) is 5.48 Å².